The van der Waals surface area contributed by atoms with E-state index in [1.54, 1.807) is 4.68 Å². The molecule has 2 heterocycles. The van der Waals surface area contributed by atoms with Gasteiger partial charge in [-0.3, -0.25) is 0 Å². The highest BCUT2D eigenvalue weighted by atomic mass is 15.6. The van der Waals surface area contributed by atoms with Gasteiger partial charge >= 0.3 is 0 Å². The summed E-state index contributed by atoms with van der Waals surface area (Å²) in [5.41, 5.74) is 2.21. The van der Waals surface area contributed by atoms with Crippen LogP contribution in [0.2, 0.25) is 0 Å². The third kappa shape index (κ3) is 2.80. The lowest BCUT2D eigenvalue weighted by Crippen LogP contribution is -2.37. The molecule has 20 heavy (non-hydrogen) atoms. The standard InChI is InChI=1S/C14H20N6/c1-11-3-5-13(6-4-11)20-14(16-17-18-20)15-12-7-9-19(2)10-8-12/h3-6,12H,7-10H2,1-2H3,(H,15,16,18). The van der Waals surface area contributed by atoms with Crippen LogP contribution in [0.4, 0.5) is 5.95 Å². The van der Waals surface area contributed by atoms with Crippen molar-refractivity contribution in [3.05, 3.63) is 29.8 Å². The van der Waals surface area contributed by atoms with Gasteiger partial charge in [0, 0.05) is 6.04 Å². The first-order chi connectivity index (χ1) is 9.72. The van der Waals surface area contributed by atoms with Gasteiger partial charge in [-0.1, -0.05) is 22.8 Å². The number of likely N-dealkylation sites (tertiary alicyclic amines) is 1. The quantitative estimate of drug-likeness (QED) is 0.917. The molecule has 1 aromatic carbocycles. The molecule has 1 fully saturated rings. The Bertz CT molecular complexity index is 553. The lowest BCUT2D eigenvalue weighted by atomic mass is 10.1. The van der Waals surface area contributed by atoms with Crippen molar-refractivity contribution in [1.29, 1.82) is 0 Å². The Morgan fingerprint density at radius 1 is 1.15 bits per heavy atom. The van der Waals surface area contributed by atoms with Crippen LogP contribution in [0.3, 0.4) is 0 Å². The number of hydrogen-bond acceptors (Lipinski definition) is 5. The molecule has 0 amide bonds. The number of benzene rings is 1. The van der Waals surface area contributed by atoms with Crippen LogP contribution >= 0.6 is 0 Å². The molecule has 0 spiro atoms. The van der Waals surface area contributed by atoms with Gasteiger partial charge in [-0.05, 0) is 62.5 Å². The second-order valence-corrected chi connectivity index (χ2v) is 5.47. The van der Waals surface area contributed by atoms with E-state index in [-0.39, 0.29) is 0 Å². The van der Waals surface area contributed by atoms with Crippen LogP contribution in [-0.4, -0.2) is 51.3 Å². The van der Waals surface area contributed by atoms with Crippen LogP contribution < -0.4 is 5.32 Å². The minimum absolute atomic E-state index is 0.446. The summed E-state index contributed by atoms with van der Waals surface area (Å²) in [6.45, 7) is 4.30. The number of hydrogen-bond donors (Lipinski definition) is 1. The van der Waals surface area contributed by atoms with Gasteiger partial charge in [-0.25, -0.2) is 0 Å². The number of rotatable bonds is 3. The molecule has 0 unspecified atom stereocenters. The fourth-order valence-corrected chi connectivity index (χ4v) is 2.47. The molecule has 0 bridgehead atoms. The van der Waals surface area contributed by atoms with Crippen LogP contribution in [0.5, 0.6) is 0 Å². The first kappa shape index (κ1) is 13.1. The molecule has 1 aromatic heterocycles. The molecule has 0 aliphatic carbocycles. The van der Waals surface area contributed by atoms with Gasteiger partial charge in [0.25, 0.3) is 0 Å². The summed E-state index contributed by atoms with van der Waals surface area (Å²) < 4.78 is 1.76. The zero-order chi connectivity index (χ0) is 13.9. The minimum atomic E-state index is 0.446. The van der Waals surface area contributed by atoms with Gasteiger partial charge in [-0.15, -0.1) is 0 Å². The number of tetrazole rings is 1. The SMILES string of the molecule is Cc1ccc(-n2nnnc2NC2CCN(C)CC2)cc1. The largest absolute Gasteiger partial charge is 0.350 e. The predicted molar refractivity (Wildman–Crippen MR) is 78.0 cm³/mol. The number of aromatic nitrogens is 4. The van der Waals surface area contributed by atoms with Gasteiger partial charge in [0.05, 0.1) is 5.69 Å². The molecule has 6 heteroatoms. The molecule has 0 atom stereocenters. The Morgan fingerprint density at radius 3 is 2.55 bits per heavy atom. The molecule has 1 aliphatic heterocycles. The Hall–Kier alpha value is -1.95. The third-order valence-electron chi connectivity index (χ3n) is 3.80. The van der Waals surface area contributed by atoms with E-state index in [9.17, 15) is 0 Å². The second kappa shape index (κ2) is 5.58. The zero-order valence-electron chi connectivity index (χ0n) is 12.0. The van der Waals surface area contributed by atoms with Crippen molar-refractivity contribution in [1.82, 2.24) is 25.1 Å². The fourth-order valence-electron chi connectivity index (χ4n) is 2.47. The lowest BCUT2D eigenvalue weighted by Gasteiger charge is -2.29. The highest BCUT2D eigenvalue weighted by Gasteiger charge is 2.19. The van der Waals surface area contributed by atoms with Gasteiger partial charge in [0.1, 0.15) is 0 Å². The summed E-state index contributed by atoms with van der Waals surface area (Å²) in [7, 11) is 2.16. The Labute approximate surface area is 118 Å². The average Bonchev–Trinajstić information content (AvgIpc) is 2.90. The average molecular weight is 272 g/mol. The molecule has 1 saturated heterocycles. The van der Waals surface area contributed by atoms with E-state index in [1.807, 2.05) is 12.1 Å². The van der Waals surface area contributed by atoms with Crippen molar-refractivity contribution in [3.8, 4) is 5.69 Å². The smallest absolute Gasteiger partial charge is 0.247 e. The van der Waals surface area contributed by atoms with E-state index in [0.29, 0.717) is 6.04 Å². The molecule has 3 rings (SSSR count). The van der Waals surface area contributed by atoms with Crippen LogP contribution in [0, 0.1) is 6.92 Å². The molecule has 0 radical (unpaired) electrons. The molecule has 106 valence electrons. The number of piperidine rings is 1. The molecule has 1 N–H and O–H groups in total. The minimum Gasteiger partial charge on any atom is -0.350 e. The van der Waals surface area contributed by atoms with Crippen molar-refractivity contribution in [2.45, 2.75) is 25.8 Å². The Balaban J connectivity index is 1.75. The number of nitrogens with one attached hydrogen (secondary N) is 1. The maximum absolute atomic E-state index is 4.11. The fraction of sp³-hybridized carbons (Fsp3) is 0.500. The maximum Gasteiger partial charge on any atom is 0.247 e. The number of anilines is 1. The normalized spacial score (nSPS) is 17.3. The summed E-state index contributed by atoms with van der Waals surface area (Å²) >= 11 is 0. The third-order valence-corrected chi connectivity index (χ3v) is 3.80. The van der Waals surface area contributed by atoms with Crippen molar-refractivity contribution in [3.63, 3.8) is 0 Å². The van der Waals surface area contributed by atoms with Crippen molar-refractivity contribution in [2.24, 2.45) is 0 Å². The van der Waals surface area contributed by atoms with E-state index in [2.05, 4.69) is 51.8 Å². The maximum atomic E-state index is 4.11. The summed E-state index contributed by atoms with van der Waals surface area (Å²) in [5, 5.41) is 15.4. The number of nitrogens with zero attached hydrogens (tertiary/aromatic N) is 5. The van der Waals surface area contributed by atoms with Gasteiger partial charge in [-0.2, -0.15) is 4.68 Å². The lowest BCUT2D eigenvalue weighted by molar-refractivity contribution is 0.263. The van der Waals surface area contributed by atoms with E-state index in [4.69, 9.17) is 0 Å². The summed E-state index contributed by atoms with van der Waals surface area (Å²) in [6, 6.07) is 8.64. The first-order valence-corrected chi connectivity index (χ1v) is 7.03. The predicted octanol–water partition coefficient (Wildman–Crippen LogP) is 1.48. The number of aryl methyl sites for hydroxylation is 1. The second-order valence-electron chi connectivity index (χ2n) is 5.47. The van der Waals surface area contributed by atoms with Gasteiger partial charge < -0.3 is 10.2 Å². The highest BCUT2D eigenvalue weighted by Crippen LogP contribution is 2.16. The van der Waals surface area contributed by atoms with Gasteiger partial charge in [0.2, 0.25) is 5.95 Å². The van der Waals surface area contributed by atoms with Crippen LogP contribution in [0.1, 0.15) is 18.4 Å². The topological polar surface area (TPSA) is 58.9 Å². The molecule has 1 aliphatic rings. The van der Waals surface area contributed by atoms with Crippen molar-refractivity contribution < 1.29 is 0 Å². The monoisotopic (exact) mass is 272 g/mol. The summed E-state index contributed by atoms with van der Waals surface area (Å²) in [4.78, 5) is 2.35. The van der Waals surface area contributed by atoms with Crippen LogP contribution in [0.25, 0.3) is 5.69 Å². The van der Waals surface area contributed by atoms with Gasteiger partial charge in [0.15, 0.2) is 0 Å². The summed E-state index contributed by atoms with van der Waals surface area (Å²) in [5.74, 6) is 0.725. The van der Waals surface area contributed by atoms with E-state index in [1.165, 1.54) is 5.56 Å². The van der Waals surface area contributed by atoms with E-state index in [0.717, 1.165) is 37.6 Å². The Morgan fingerprint density at radius 2 is 1.85 bits per heavy atom. The molecule has 6 nitrogen and oxygen atoms in total. The summed E-state index contributed by atoms with van der Waals surface area (Å²) in [6.07, 6.45) is 2.24. The molecule has 0 saturated carbocycles. The zero-order valence-corrected chi connectivity index (χ0v) is 12.0. The Kier molecular flexibility index (Phi) is 3.64. The molecular weight excluding hydrogens is 252 g/mol. The van der Waals surface area contributed by atoms with Crippen LogP contribution in [-0.2, 0) is 0 Å². The van der Waals surface area contributed by atoms with Crippen molar-refractivity contribution in [2.75, 3.05) is 25.5 Å². The van der Waals surface area contributed by atoms with E-state index < -0.39 is 0 Å². The molecule has 2 aromatic rings. The molecular formula is C14H20N6. The highest BCUT2D eigenvalue weighted by molar-refractivity contribution is 5.40. The van der Waals surface area contributed by atoms with Crippen molar-refractivity contribution >= 4 is 5.95 Å². The van der Waals surface area contributed by atoms with Crippen LogP contribution in [0.15, 0.2) is 24.3 Å². The first-order valence-electron chi connectivity index (χ1n) is 7.03. The van der Waals surface area contributed by atoms with E-state index >= 15 is 0 Å².